The van der Waals surface area contributed by atoms with E-state index in [0.717, 1.165) is 18.2 Å². The van der Waals surface area contributed by atoms with Crippen molar-refractivity contribution in [2.24, 2.45) is 0 Å². The van der Waals surface area contributed by atoms with Crippen molar-refractivity contribution in [3.05, 3.63) is 58.9 Å². The number of anilines is 1. The molecule has 1 fully saturated rings. The first-order valence-electron chi connectivity index (χ1n) is 12.0. The molecular weight excluding hydrogens is 544 g/mol. The highest BCUT2D eigenvalue weighted by molar-refractivity contribution is 6.06. The number of halogens is 4. The maximum Gasteiger partial charge on any atom is 0.440 e. The number of aliphatic hydroxyl groups is 1. The number of aryl methyl sites for hydroxylation is 1. The van der Waals surface area contributed by atoms with Crippen LogP contribution in [0.1, 0.15) is 23.1 Å². The molecule has 2 aromatic carbocycles. The molecule has 11 nitrogen and oxygen atoms in total. The van der Waals surface area contributed by atoms with Gasteiger partial charge >= 0.3 is 18.3 Å². The van der Waals surface area contributed by atoms with Crippen LogP contribution >= 0.6 is 0 Å². The fraction of sp³-hybridized carbons (Fsp3) is 0.360. The maximum absolute atomic E-state index is 14.0. The molecule has 1 spiro atoms. The lowest BCUT2D eigenvalue weighted by molar-refractivity contribution is -0.317. The minimum Gasteiger partial charge on any atom is -0.488 e. The number of carbonyl (C=O) groups excluding carboxylic acids is 4. The number of fused-ring (bicyclic) bond motifs is 3. The fourth-order valence-corrected chi connectivity index (χ4v) is 5.04. The van der Waals surface area contributed by atoms with Crippen molar-refractivity contribution < 1.29 is 51.3 Å². The van der Waals surface area contributed by atoms with Gasteiger partial charge in [-0.05, 0) is 42.3 Å². The normalized spacial score (nSPS) is 23.8. The number of carbonyl (C=O) groups is 4. The van der Waals surface area contributed by atoms with E-state index in [2.05, 4.69) is 10.6 Å². The minimum absolute atomic E-state index is 0.00226. The Bertz CT molecular complexity index is 1430. The van der Waals surface area contributed by atoms with Crippen LogP contribution in [0.4, 0.5) is 32.8 Å². The summed E-state index contributed by atoms with van der Waals surface area (Å²) in [7, 11) is 1.43. The van der Waals surface area contributed by atoms with Crippen molar-refractivity contribution in [1.82, 2.24) is 15.1 Å². The average Bonchev–Trinajstić information content (AvgIpc) is 3.30. The van der Waals surface area contributed by atoms with E-state index < -0.39 is 67.0 Å². The number of benzene rings is 2. The molecule has 3 N–H and O–H groups in total. The molecule has 0 bridgehead atoms. The second kappa shape index (κ2) is 9.36. The average molecular weight is 566 g/mol. The first kappa shape index (κ1) is 27.2. The third-order valence-electron chi connectivity index (χ3n) is 7.12. The van der Waals surface area contributed by atoms with Gasteiger partial charge in [-0.25, -0.2) is 18.9 Å². The zero-order valence-corrected chi connectivity index (χ0v) is 20.8. The Morgan fingerprint density at radius 2 is 1.88 bits per heavy atom. The highest BCUT2D eigenvalue weighted by Crippen LogP contribution is 2.46. The van der Waals surface area contributed by atoms with Crippen LogP contribution in [0.2, 0.25) is 0 Å². The number of alkyl halides is 3. The lowest BCUT2D eigenvalue weighted by Gasteiger charge is -2.38. The molecule has 0 radical (unpaired) electrons. The van der Waals surface area contributed by atoms with Crippen LogP contribution in [0, 0.1) is 5.82 Å². The number of urea groups is 1. The molecule has 5 amide bonds. The van der Waals surface area contributed by atoms with Crippen LogP contribution in [0.15, 0.2) is 36.4 Å². The second-order valence-corrected chi connectivity index (χ2v) is 9.50. The minimum atomic E-state index is -5.41. The molecule has 0 aromatic heterocycles. The second-order valence-electron chi connectivity index (χ2n) is 9.50. The standard InChI is InChI=1S/C25H22F4N4O7/c1-30-21(36)31-16-3-4-17-13(9-16)6-7-23(17)20(35)32(22(37)40-23)11-19(34)33-10-14-8-15(26)2-5-18(14)39-12-24(33,38)25(27,28)29/h2-5,8-9,38H,6-7,10-12H2,1H3,(H2,30,31,36)/t23-,24?/m1/s1. The molecule has 15 heteroatoms. The number of imide groups is 1. The van der Waals surface area contributed by atoms with Gasteiger partial charge in [0.05, 0.1) is 6.54 Å². The maximum atomic E-state index is 14.0. The molecule has 2 aliphatic heterocycles. The van der Waals surface area contributed by atoms with Crippen molar-refractivity contribution in [3.8, 4) is 5.75 Å². The predicted octanol–water partition coefficient (Wildman–Crippen LogP) is 2.37. The van der Waals surface area contributed by atoms with E-state index in [-0.39, 0.29) is 29.1 Å². The Labute approximate surface area is 223 Å². The van der Waals surface area contributed by atoms with E-state index in [1.807, 2.05) is 0 Å². The molecule has 5 rings (SSSR count). The lowest BCUT2D eigenvalue weighted by atomic mass is 9.94. The van der Waals surface area contributed by atoms with Crippen LogP contribution in [0.3, 0.4) is 0 Å². The van der Waals surface area contributed by atoms with Gasteiger partial charge in [0.1, 0.15) is 24.7 Å². The van der Waals surface area contributed by atoms with Crippen molar-refractivity contribution in [2.45, 2.75) is 36.9 Å². The Balaban J connectivity index is 1.42. The molecule has 0 saturated carbocycles. The van der Waals surface area contributed by atoms with Gasteiger partial charge < -0.3 is 25.2 Å². The Morgan fingerprint density at radius 3 is 2.58 bits per heavy atom. The van der Waals surface area contributed by atoms with Gasteiger partial charge in [-0.15, -0.1) is 0 Å². The van der Waals surface area contributed by atoms with E-state index in [1.165, 1.54) is 19.2 Å². The molecule has 212 valence electrons. The number of rotatable bonds is 3. The third kappa shape index (κ3) is 4.26. The monoisotopic (exact) mass is 566 g/mol. The van der Waals surface area contributed by atoms with E-state index in [4.69, 9.17) is 9.47 Å². The molecule has 1 unspecified atom stereocenters. The van der Waals surface area contributed by atoms with Crippen LogP contribution < -0.4 is 15.4 Å². The smallest absolute Gasteiger partial charge is 0.440 e. The molecule has 2 heterocycles. The fourth-order valence-electron chi connectivity index (χ4n) is 5.04. The lowest BCUT2D eigenvalue weighted by Crippen LogP contribution is -2.64. The summed E-state index contributed by atoms with van der Waals surface area (Å²) in [6.07, 6.45) is -6.41. The highest BCUT2D eigenvalue weighted by Gasteiger charge is 2.63. The van der Waals surface area contributed by atoms with Crippen LogP contribution in [-0.2, 0) is 32.9 Å². The summed E-state index contributed by atoms with van der Waals surface area (Å²) in [6, 6.07) is 6.92. The van der Waals surface area contributed by atoms with E-state index >= 15 is 0 Å². The number of nitrogens with one attached hydrogen (secondary N) is 2. The SMILES string of the molecule is CNC(=O)Nc1ccc2c(c1)CC[C@@]21OC(=O)N(CC(=O)N2Cc3cc(F)ccc3OCC2(O)C(F)(F)F)C1=O. The Hall–Kier alpha value is -4.40. The summed E-state index contributed by atoms with van der Waals surface area (Å²) in [6.45, 7) is -3.54. The summed E-state index contributed by atoms with van der Waals surface area (Å²) in [5.74, 6) is -3.42. The van der Waals surface area contributed by atoms with Gasteiger partial charge in [-0.2, -0.15) is 13.2 Å². The first-order chi connectivity index (χ1) is 18.8. The van der Waals surface area contributed by atoms with Crippen LogP contribution in [-0.4, -0.2) is 70.9 Å². The zero-order chi connectivity index (χ0) is 29.0. The number of nitrogens with zero attached hydrogens (tertiary/aromatic N) is 2. The molecule has 1 aliphatic carbocycles. The van der Waals surface area contributed by atoms with Gasteiger partial charge in [0.15, 0.2) is 0 Å². The van der Waals surface area contributed by atoms with Gasteiger partial charge in [-0.1, -0.05) is 6.07 Å². The van der Waals surface area contributed by atoms with Crippen LogP contribution in [0.5, 0.6) is 5.75 Å². The molecule has 2 atom stereocenters. The van der Waals surface area contributed by atoms with Crippen molar-refractivity contribution in [3.63, 3.8) is 0 Å². The quantitative estimate of drug-likeness (QED) is 0.485. The Kier molecular flexibility index (Phi) is 6.36. The number of hydrogen-bond acceptors (Lipinski definition) is 7. The van der Waals surface area contributed by atoms with E-state index in [9.17, 15) is 41.8 Å². The first-order valence-corrected chi connectivity index (χ1v) is 12.0. The molecule has 2 aromatic rings. The molecule has 3 aliphatic rings. The van der Waals surface area contributed by atoms with Crippen molar-refractivity contribution in [1.29, 1.82) is 0 Å². The van der Waals surface area contributed by atoms with Crippen molar-refractivity contribution in [2.75, 3.05) is 25.5 Å². The van der Waals surface area contributed by atoms with E-state index in [1.54, 1.807) is 6.07 Å². The van der Waals surface area contributed by atoms with Gasteiger partial charge in [0, 0.05) is 30.3 Å². The number of ether oxygens (including phenoxy) is 2. The summed E-state index contributed by atoms with van der Waals surface area (Å²) in [5, 5.41) is 15.6. The van der Waals surface area contributed by atoms with Crippen LogP contribution in [0.25, 0.3) is 0 Å². The molecular formula is C25H22F4N4O7. The number of hydrogen-bond donors (Lipinski definition) is 3. The topological polar surface area (TPSA) is 138 Å². The Morgan fingerprint density at radius 1 is 1.12 bits per heavy atom. The largest absolute Gasteiger partial charge is 0.488 e. The van der Waals surface area contributed by atoms with Gasteiger partial charge in [0.2, 0.25) is 11.5 Å². The number of amides is 5. The zero-order valence-electron chi connectivity index (χ0n) is 20.8. The third-order valence-corrected chi connectivity index (χ3v) is 7.12. The van der Waals surface area contributed by atoms with Gasteiger partial charge in [0.25, 0.3) is 11.6 Å². The highest BCUT2D eigenvalue weighted by atomic mass is 19.4. The predicted molar refractivity (Wildman–Crippen MR) is 126 cm³/mol. The summed E-state index contributed by atoms with van der Waals surface area (Å²) in [4.78, 5) is 51.5. The summed E-state index contributed by atoms with van der Waals surface area (Å²) in [5.41, 5.74) is -4.52. The molecule has 1 saturated heterocycles. The summed E-state index contributed by atoms with van der Waals surface area (Å²) < 4.78 is 66.4. The molecule has 40 heavy (non-hydrogen) atoms. The van der Waals surface area contributed by atoms with E-state index in [0.29, 0.717) is 21.7 Å². The summed E-state index contributed by atoms with van der Waals surface area (Å²) >= 11 is 0. The van der Waals surface area contributed by atoms with Crippen molar-refractivity contribution >= 4 is 29.6 Å². The van der Waals surface area contributed by atoms with Gasteiger partial charge in [-0.3, -0.25) is 14.5 Å².